The Morgan fingerprint density at radius 1 is 1.12 bits per heavy atom. The monoisotopic (exact) mass is 489 g/mol. The number of benzene rings is 2. The van der Waals surface area contributed by atoms with Crippen molar-refractivity contribution in [1.82, 2.24) is 10.1 Å². The standard InChI is InChI=1S/C23H28FN5O4S/c1-4-5-19(25)21-27-20(28-33-21)15-6-12-18(13-7-15)34(31,32)29-17-10-8-16(9-11-17)26-22(30)23(2,3)14-24/h6-13,19,29H,4-5,14,25H2,1-3H3,(H,26,30)/t19-/m0/s1. The van der Waals surface area contributed by atoms with E-state index < -0.39 is 28.0 Å². The fourth-order valence-electron chi connectivity index (χ4n) is 2.92. The zero-order chi connectivity index (χ0) is 24.9. The predicted octanol–water partition coefficient (Wildman–Crippen LogP) is 4.27. The zero-order valence-corrected chi connectivity index (χ0v) is 20.0. The topological polar surface area (TPSA) is 140 Å². The molecule has 182 valence electrons. The molecule has 9 nitrogen and oxygen atoms in total. The summed E-state index contributed by atoms with van der Waals surface area (Å²) in [5.74, 6) is 0.194. The summed E-state index contributed by atoms with van der Waals surface area (Å²) in [6.07, 6.45) is 1.60. The number of amides is 1. The number of carbonyl (C=O) groups is 1. The average molecular weight is 490 g/mol. The third-order valence-corrected chi connectivity index (χ3v) is 6.52. The van der Waals surface area contributed by atoms with E-state index in [1.54, 1.807) is 12.1 Å². The van der Waals surface area contributed by atoms with Gasteiger partial charge in [-0.15, -0.1) is 0 Å². The van der Waals surface area contributed by atoms with E-state index in [9.17, 15) is 17.6 Å². The van der Waals surface area contributed by atoms with Crippen LogP contribution in [0.5, 0.6) is 0 Å². The molecule has 0 spiro atoms. The van der Waals surface area contributed by atoms with Crippen molar-refractivity contribution in [2.45, 2.75) is 44.6 Å². The maximum absolute atomic E-state index is 13.0. The van der Waals surface area contributed by atoms with Gasteiger partial charge in [0.1, 0.15) is 6.67 Å². The number of anilines is 2. The Kier molecular flexibility index (Phi) is 7.68. The Balaban J connectivity index is 1.68. The summed E-state index contributed by atoms with van der Waals surface area (Å²) >= 11 is 0. The number of nitrogens with two attached hydrogens (primary N) is 1. The second kappa shape index (κ2) is 10.3. The summed E-state index contributed by atoms with van der Waals surface area (Å²) < 4.78 is 46.2. The van der Waals surface area contributed by atoms with Crippen LogP contribution in [0.25, 0.3) is 11.4 Å². The van der Waals surface area contributed by atoms with Crippen LogP contribution in [0.15, 0.2) is 57.9 Å². The molecule has 0 saturated heterocycles. The number of sulfonamides is 1. The van der Waals surface area contributed by atoms with Crippen molar-refractivity contribution < 1.29 is 22.1 Å². The smallest absolute Gasteiger partial charge is 0.261 e. The highest BCUT2D eigenvalue weighted by Gasteiger charge is 2.27. The molecule has 1 atom stereocenters. The first kappa shape index (κ1) is 25.3. The van der Waals surface area contributed by atoms with E-state index >= 15 is 0 Å². The van der Waals surface area contributed by atoms with E-state index in [0.717, 1.165) is 6.42 Å². The summed E-state index contributed by atoms with van der Waals surface area (Å²) in [7, 11) is -3.86. The summed E-state index contributed by atoms with van der Waals surface area (Å²) in [5.41, 5.74) is 6.16. The molecular formula is C23H28FN5O4S. The van der Waals surface area contributed by atoms with Crippen LogP contribution in [-0.4, -0.2) is 31.1 Å². The lowest BCUT2D eigenvalue weighted by Gasteiger charge is -2.19. The third-order valence-electron chi connectivity index (χ3n) is 5.13. The molecule has 3 aromatic rings. The lowest BCUT2D eigenvalue weighted by molar-refractivity contribution is -0.124. The number of halogens is 1. The Labute approximate surface area is 198 Å². The Morgan fingerprint density at radius 3 is 2.32 bits per heavy atom. The van der Waals surface area contributed by atoms with Gasteiger partial charge in [0, 0.05) is 16.9 Å². The SMILES string of the molecule is CCC[C@H](N)c1nc(-c2ccc(S(=O)(=O)Nc3ccc(NC(=O)C(C)(C)CF)cc3)cc2)no1. The van der Waals surface area contributed by atoms with Crippen LogP contribution in [0.3, 0.4) is 0 Å². The van der Waals surface area contributed by atoms with Gasteiger partial charge in [-0.25, -0.2) is 12.8 Å². The van der Waals surface area contributed by atoms with Crippen LogP contribution in [0.1, 0.15) is 45.5 Å². The number of carbonyl (C=O) groups excluding carboxylic acids is 1. The highest BCUT2D eigenvalue weighted by Crippen LogP contribution is 2.24. The molecule has 0 bridgehead atoms. The van der Waals surface area contributed by atoms with Crippen molar-refractivity contribution in [2.24, 2.45) is 11.1 Å². The maximum Gasteiger partial charge on any atom is 0.261 e. The predicted molar refractivity (Wildman–Crippen MR) is 127 cm³/mol. The second-order valence-corrected chi connectivity index (χ2v) is 10.2. The van der Waals surface area contributed by atoms with Crippen LogP contribution in [0, 0.1) is 5.41 Å². The first-order valence-corrected chi connectivity index (χ1v) is 12.2. The van der Waals surface area contributed by atoms with E-state index in [1.807, 2.05) is 6.92 Å². The van der Waals surface area contributed by atoms with Crippen LogP contribution in [-0.2, 0) is 14.8 Å². The van der Waals surface area contributed by atoms with Crippen LogP contribution in [0.2, 0.25) is 0 Å². The van der Waals surface area contributed by atoms with Gasteiger partial charge >= 0.3 is 0 Å². The van der Waals surface area contributed by atoms with Crippen LogP contribution >= 0.6 is 0 Å². The van der Waals surface area contributed by atoms with E-state index in [1.165, 1.54) is 50.2 Å². The molecule has 3 rings (SSSR count). The van der Waals surface area contributed by atoms with Crippen molar-refractivity contribution in [2.75, 3.05) is 16.7 Å². The van der Waals surface area contributed by atoms with Gasteiger partial charge in [0.15, 0.2) is 0 Å². The second-order valence-electron chi connectivity index (χ2n) is 8.53. The summed E-state index contributed by atoms with van der Waals surface area (Å²) in [6.45, 7) is 4.20. The lowest BCUT2D eigenvalue weighted by Crippen LogP contribution is -2.32. The molecule has 0 aliphatic heterocycles. The van der Waals surface area contributed by atoms with E-state index in [4.69, 9.17) is 10.3 Å². The van der Waals surface area contributed by atoms with Gasteiger partial charge in [-0.1, -0.05) is 18.5 Å². The third kappa shape index (κ3) is 5.97. The van der Waals surface area contributed by atoms with Gasteiger partial charge in [-0.2, -0.15) is 4.98 Å². The molecule has 1 aromatic heterocycles. The minimum atomic E-state index is -3.86. The maximum atomic E-state index is 13.0. The molecule has 0 aliphatic rings. The summed E-state index contributed by atoms with van der Waals surface area (Å²) in [5, 5.41) is 6.53. The van der Waals surface area contributed by atoms with Gasteiger partial charge in [0.25, 0.3) is 10.0 Å². The number of alkyl halides is 1. The molecule has 0 saturated carbocycles. The lowest BCUT2D eigenvalue weighted by atomic mass is 9.94. The Hall–Kier alpha value is -3.31. The average Bonchev–Trinajstić information content (AvgIpc) is 3.31. The minimum Gasteiger partial charge on any atom is -0.337 e. The molecule has 0 fully saturated rings. The summed E-state index contributed by atoms with van der Waals surface area (Å²) in [4.78, 5) is 16.4. The fourth-order valence-corrected chi connectivity index (χ4v) is 3.98. The van der Waals surface area contributed by atoms with Gasteiger partial charge in [-0.05, 0) is 68.8 Å². The van der Waals surface area contributed by atoms with Gasteiger partial charge in [0.2, 0.25) is 17.6 Å². The number of aromatic nitrogens is 2. The highest BCUT2D eigenvalue weighted by molar-refractivity contribution is 7.92. The normalized spacial score (nSPS) is 12.9. The molecule has 34 heavy (non-hydrogen) atoms. The molecule has 1 heterocycles. The van der Waals surface area contributed by atoms with E-state index in [0.29, 0.717) is 35.1 Å². The van der Waals surface area contributed by atoms with Crippen molar-refractivity contribution in [3.8, 4) is 11.4 Å². The Morgan fingerprint density at radius 2 is 1.74 bits per heavy atom. The number of hydrogen-bond acceptors (Lipinski definition) is 7. The highest BCUT2D eigenvalue weighted by atomic mass is 32.2. The minimum absolute atomic E-state index is 0.0460. The van der Waals surface area contributed by atoms with E-state index in [-0.39, 0.29) is 10.9 Å². The molecular weight excluding hydrogens is 461 g/mol. The quantitative estimate of drug-likeness (QED) is 0.386. The van der Waals surface area contributed by atoms with Crippen LogP contribution in [0.4, 0.5) is 15.8 Å². The van der Waals surface area contributed by atoms with Gasteiger partial charge in [0.05, 0.1) is 16.4 Å². The van der Waals surface area contributed by atoms with Crippen molar-refractivity contribution in [3.05, 3.63) is 54.4 Å². The van der Waals surface area contributed by atoms with Gasteiger partial charge in [-0.3, -0.25) is 9.52 Å². The van der Waals surface area contributed by atoms with Gasteiger partial charge < -0.3 is 15.6 Å². The number of nitrogens with one attached hydrogen (secondary N) is 2. The molecule has 0 unspecified atom stereocenters. The van der Waals surface area contributed by atoms with E-state index in [2.05, 4.69) is 20.2 Å². The zero-order valence-electron chi connectivity index (χ0n) is 19.2. The van der Waals surface area contributed by atoms with Crippen LogP contribution < -0.4 is 15.8 Å². The number of rotatable bonds is 10. The first-order chi connectivity index (χ1) is 16.1. The first-order valence-electron chi connectivity index (χ1n) is 10.8. The Bertz CT molecular complexity index is 1230. The molecule has 11 heteroatoms. The molecule has 2 aromatic carbocycles. The molecule has 0 aliphatic carbocycles. The molecule has 4 N–H and O–H groups in total. The number of hydrogen-bond donors (Lipinski definition) is 3. The van der Waals surface area contributed by atoms with Crippen molar-refractivity contribution in [3.63, 3.8) is 0 Å². The number of nitrogens with zero attached hydrogens (tertiary/aromatic N) is 2. The van der Waals surface area contributed by atoms with Crippen molar-refractivity contribution in [1.29, 1.82) is 0 Å². The molecule has 0 radical (unpaired) electrons. The fraction of sp³-hybridized carbons (Fsp3) is 0.348. The largest absolute Gasteiger partial charge is 0.337 e. The van der Waals surface area contributed by atoms with Crippen molar-refractivity contribution >= 4 is 27.3 Å². The summed E-state index contributed by atoms with van der Waals surface area (Å²) in [6, 6.07) is 11.8. The molecule has 1 amide bonds.